The maximum atomic E-state index is 11.5. The molecule has 0 saturated heterocycles. The number of hydrogen-bond donors (Lipinski definition) is 2. The predicted molar refractivity (Wildman–Crippen MR) is 73.2 cm³/mol. The van der Waals surface area contributed by atoms with Crippen LogP contribution in [0.3, 0.4) is 0 Å². The van der Waals surface area contributed by atoms with Gasteiger partial charge in [0.05, 0.1) is 7.11 Å². The minimum atomic E-state index is -0.606. The van der Waals surface area contributed by atoms with Crippen molar-refractivity contribution in [2.24, 2.45) is 0 Å². The van der Waals surface area contributed by atoms with Crippen LogP contribution in [0.2, 0.25) is 0 Å². The van der Waals surface area contributed by atoms with Gasteiger partial charge in [-0.05, 0) is 12.1 Å². The molecule has 18 heavy (non-hydrogen) atoms. The zero-order chi connectivity index (χ0) is 13.5. The molecule has 0 radical (unpaired) electrons. The molecule has 0 fully saturated rings. The van der Waals surface area contributed by atoms with Crippen molar-refractivity contribution in [1.29, 1.82) is 0 Å². The number of alkyl halides is 1. The van der Waals surface area contributed by atoms with Crippen LogP contribution in [-0.2, 0) is 4.79 Å². The predicted octanol–water partition coefficient (Wildman–Crippen LogP) is 2.73. The van der Waals surface area contributed by atoms with E-state index in [1.807, 2.05) is 0 Å². The van der Waals surface area contributed by atoms with E-state index in [-0.39, 0.29) is 12.3 Å². The second-order valence-electron chi connectivity index (χ2n) is 3.32. The van der Waals surface area contributed by atoms with Crippen molar-refractivity contribution in [3.8, 4) is 5.75 Å². The van der Waals surface area contributed by atoms with E-state index in [1.54, 1.807) is 18.2 Å². The maximum absolute atomic E-state index is 11.5. The first-order chi connectivity index (χ1) is 8.55. The normalized spacial score (nSPS) is 9.72. The van der Waals surface area contributed by atoms with Crippen molar-refractivity contribution in [2.75, 3.05) is 18.3 Å². The first-order valence-electron chi connectivity index (χ1n) is 5.06. The zero-order valence-electron chi connectivity index (χ0n) is 9.63. The SMILES string of the molecule is COc1cc(Br)cc(NC(=O)NC(=O)CCCl)c1. The molecule has 3 amide bonds. The zero-order valence-corrected chi connectivity index (χ0v) is 12.0. The molecule has 0 atom stereocenters. The number of hydrogen-bond acceptors (Lipinski definition) is 3. The summed E-state index contributed by atoms with van der Waals surface area (Å²) in [5.41, 5.74) is 0.511. The van der Waals surface area contributed by atoms with Crippen LogP contribution in [0, 0.1) is 0 Å². The summed E-state index contributed by atoms with van der Waals surface area (Å²) < 4.78 is 5.80. The number of nitrogens with one attached hydrogen (secondary N) is 2. The molecule has 0 saturated carbocycles. The third-order valence-electron chi connectivity index (χ3n) is 1.94. The Morgan fingerprint density at radius 3 is 2.72 bits per heavy atom. The average molecular weight is 336 g/mol. The molecular weight excluding hydrogens is 323 g/mol. The smallest absolute Gasteiger partial charge is 0.325 e. The van der Waals surface area contributed by atoms with E-state index in [9.17, 15) is 9.59 Å². The lowest BCUT2D eigenvalue weighted by atomic mass is 10.3. The summed E-state index contributed by atoms with van der Waals surface area (Å²) in [5.74, 6) is 0.334. The highest BCUT2D eigenvalue weighted by Crippen LogP contribution is 2.24. The van der Waals surface area contributed by atoms with Crippen molar-refractivity contribution < 1.29 is 14.3 Å². The van der Waals surface area contributed by atoms with Crippen molar-refractivity contribution in [1.82, 2.24) is 5.32 Å². The van der Waals surface area contributed by atoms with E-state index >= 15 is 0 Å². The number of amides is 3. The van der Waals surface area contributed by atoms with Crippen LogP contribution in [-0.4, -0.2) is 24.9 Å². The molecule has 0 heterocycles. The Morgan fingerprint density at radius 1 is 1.39 bits per heavy atom. The molecule has 7 heteroatoms. The summed E-state index contributed by atoms with van der Waals surface area (Å²) in [5, 5.41) is 4.68. The highest BCUT2D eigenvalue weighted by molar-refractivity contribution is 9.10. The summed E-state index contributed by atoms with van der Waals surface area (Å²) in [6.45, 7) is 0. The van der Waals surface area contributed by atoms with Crippen LogP contribution in [0.1, 0.15) is 6.42 Å². The number of carbonyl (C=O) groups excluding carboxylic acids is 2. The number of carbonyl (C=O) groups is 2. The molecular formula is C11H12BrClN2O3. The number of ether oxygens (including phenoxy) is 1. The van der Waals surface area contributed by atoms with E-state index in [1.165, 1.54) is 7.11 Å². The van der Waals surface area contributed by atoms with Crippen LogP contribution in [0.4, 0.5) is 10.5 Å². The Hall–Kier alpha value is -1.27. The van der Waals surface area contributed by atoms with Crippen LogP contribution in [0.25, 0.3) is 0 Å². The van der Waals surface area contributed by atoms with Gasteiger partial charge in [-0.15, -0.1) is 11.6 Å². The number of halogens is 2. The lowest BCUT2D eigenvalue weighted by molar-refractivity contribution is -0.119. The molecule has 0 aliphatic heterocycles. The molecule has 0 aliphatic carbocycles. The van der Waals surface area contributed by atoms with Gasteiger partial charge in [0.2, 0.25) is 5.91 Å². The minimum Gasteiger partial charge on any atom is -0.497 e. The van der Waals surface area contributed by atoms with Crippen LogP contribution in [0.15, 0.2) is 22.7 Å². The molecule has 1 rings (SSSR count). The van der Waals surface area contributed by atoms with Crippen LogP contribution in [0.5, 0.6) is 5.75 Å². The Balaban J connectivity index is 2.64. The van der Waals surface area contributed by atoms with Crippen molar-refractivity contribution in [3.63, 3.8) is 0 Å². The number of imide groups is 1. The van der Waals surface area contributed by atoms with Crippen LogP contribution >= 0.6 is 27.5 Å². The quantitative estimate of drug-likeness (QED) is 0.831. The number of rotatable bonds is 4. The molecule has 1 aromatic carbocycles. The fraction of sp³-hybridized carbons (Fsp3) is 0.273. The van der Waals surface area contributed by atoms with Crippen molar-refractivity contribution in [3.05, 3.63) is 22.7 Å². The Bertz CT molecular complexity index is 454. The van der Waals surface area contributed by atoms with E-state index in [4.69, 9.17) is 16.3 Å². The first-order valence-corrected chi connectivity index (χ1v) is 6.39. The summed E-state index contributed by atoms with van der Waals surface area (Å²) >= 11 is 8.67. The standard InChI is InChI=1S/C11H12BrClN2O3/c1-18-9-5-7(12)4-8(6-9)14-11(17)15-10(16)2-3-13/h4-6H,2-3H2,1H3,(H2,14,15,16,17). The summed E-state index contributed by atoms with van der Waals surface area (Å²) in [6.07, 6.45) is 0.0940. The van der Waals surface area contributed by atoms with Gasteiger partial charge >= 0.3 is 6.03 Å². The molecule has 1 aromatic rings. The summed E-state index contributed by atoms with van der Waals surface area (Å²) in [6, 6.07) is 4.47. The molecule has 98 valence electrons. The fourth-order valence-electron chi connectivity index (χ4n) is 1.19. The average Bonchev–Trinajstić information content (AvgIpc) is 2.27. The fourth-order valence-corrected chi connectivity index (χ4v) is 1.83. The third-order valence-corrected chi connectivity index (χ3v) is 2.59. The van der Waals surface area contributed by atoms with Gasteiger partial charge in [0, 0.05) is 28.5 Å². The lowest BCUT2D eigenvalue weighted by Gasteiger charge is -2.08. The van der Waals surface area contributed by atoms with Gasteiger partial charge in [0.15, 0.2) is 0 Å². The topological polar surface area (TPSA) is 67.4 Å². The van der Waals surface area contributed by atoms with Gasteiger partial charge in [0.1, 0.15) is 5.75 Å². The number of anilines is 1. The van der Waals surface area contributed by atoms with Gasteiger partial charge in [0.25, 0.3) is 0 Å². The lowest BCUT2D eigenvalue weighted by Crippen LogP contribution is -2.34. The van der Waals surface area contributed by atoms with Crippen molar-refractivity contribution >= 4 is 45.2 Å². The Labute approximate surface area is 118 Å². The van der Waals surface area contributed by atoms with Gasteiger partial charge in [-0.1, -0.05) is 15.9 Å². The Kier molecular flexibility index (Phi) is 5.94. The Morgan fingerprint density at radius 2 is 2.11 bits per heavy atom. The van der Waals surface area contributed by atoms with Crippen LogP contribution < -0.4 is 15.4 Å². The van der Waals surface area contributed by atoms with E-state index in [2.05, 4.69) is 26.6 Å². The van der Waals surface area contributed by atoms with Gasteiger partial charge in [-0.25, -0.2) is 4.79 Å². The van der Waals surface area contributed by atoms with E-state index in [0.29, 0.717) is 11.4 Å². The highest BCUT2D eigenvalue weighted by Gasteiger charge is 2.08. The molecule has 0 bridgehead atoms. The second-order valence-corrected chi connectivity index (χ2v) is 4.61. The first kappa shape index (κ1) is 14.8. The highest BCUT2D eigenvalue weighted by atomic mass is 79.9. The largest absolute Gasteiger partial charge is 0.497 e. The number of benzene rings is 1. The van der Waals surface area contributed by atoms with Gasteiger partial charge in [-0.3, -0.25) is 10.1 Å². The monoisotopic (exact) mass is 334 g/mol. The molecule has 0 spiro atoms. The van der Waals surface area contributed by atoms with Crippen molar-refractivity contribution in [2.45, 2.75) is 6.42 Å². The summed E-state index contributed by atoms with van der Waals surface area (Å²) in [4.78, 5) is 22.6. The van der Waals surface area contributed by atoms with E-state index < -0.39 is 11.9 Å². The number of methoxy groups -OCH3 is 1. The molecule has 2 N–H and O–H groups in total. The molecule has 0 aliphatic rings. The molecule has 0 aromatic heterocycles. The van der Waals surface area contributed by atoms with E-state index in [0.717, 1.165) is 4.47 Å². The summed E-state index contributed by atoms with van der Waals surface area (Å²) in [7, 11) is 1.52. The maximum Gasteiger partial charge on any atom is 0.325 e. The van der Waals surface area contributed by atoms with Gasteiger partial charge < -0.3 is 10.1 Å². The van der Waals surface area contributed by atoms with Gasteiger partial charge in [-0.2, -0.15) is 0 Å². The third kappa shape index (κ3) is 4.93. The molecule has 5 nitrogen and oxygen atoms in total. The number of urea groups is 1. The molecule has 0 unspecified atom stereocenters. The minimum absolute atomic E-state index is 0.0940. The second kappa shape index (κ2) is 7.23.